The van der Waals surface area contributed by atoms with Gasteiger partial charge in [-0.1, -0.05) is 30.3 Å². The van der Waals surface area contributed by atoms with Gasteiger partial charge in [0.15, 0.2) is 0 Å². The highest BCUT2D eigenvalue weighted by atomic mass is 14.7. The van der Waals surface area contributed by atoms with Gasteiger partial charge in [-0.3, -0.25) is 0 Å². The molecule has 0 bridgehead atoms. The van der Waals surface area contributed by atoms with Crippen molar-refractivity contribution in [3.63, 3.8) is 0 Å². The second kappa shape index (κ2) is 2.67. The smallest absolute Gasteiger partial charge is 0.0490 e. The molecule has 0 amide bonds. The molecule has 1 heteroatoms. The zero-order valence-electron chi connectivity index (χ0n) is 6.46. The van der Waals surface area contributed by atoms with Crippen molar-refractivity contribution in [3.8, 4) is 0 Å². The Morgan fingerprint density at radius 2 is 1.82 bits per heavy atom. The Hall–Kier alpha value is -0.820. The molecule has 0 aromatic heterocycles. The molecule has 11 heavy (non-hydrogen) atoms. The van der Waals surface area contributed by atoms with Crippen LogP contribution in [-0.4, -0.2) is 0 Å². The summed E-state index contributed by atoms with van der Waals surface area (Å²) in [7, 11) is 0. The molecule has 0 aliphatic heterocycles. The second-order valence-electron chi connectivity index (χ2n) is 3.23. The molecular weight excluding hydrogens is 134 g/mol. The summed E-state index contributed by atoms with van der Waals surface area (Å²) in [6.45, 7) is 0. The van der Waals surface area contributed by atoms with Crippen molar-refractivity contribution in [2.45, 2.75) is 18.9 Å². The lowest BCUT2D eigenvalue weighted by atomic mass is 10.0. The van der Waals surface area contributed by atoms with Crippen LogP contribution in [0.4, 0.5) is 0 Å². The minimum Gasteiger partial charge on any atom is -0.249 e. The van der Waals surface area contributed by atoms with Crippen molar-refractivity contribution in [2.24, 2.45) is 5.92 Å². The predicted molar refractivity (Wildman–Crippen MR) is 45.0 cm³/mol. The van der Waals surface area contributed by atoms with Crippen LogP contribution in [-0.2, 0) is 0 Å². The quantitative estimate of drug-likeness (QED) is 0.612. The zero-order chi connectivity index (χ0) is 7.68. The molecule has 1 aliphatic carbocycles. The highest BCUT2D eigenvalue weighted by Crippen LogP contribution is 2.40. The zero-order valence-corrected chi connectivity index (χ0v) is 6.46. The van der Waals surface area contributed by atoms with E-state index in [2.05, 4.69) is 12.1 Å². The van der Waals surface area contributed by atoms with E-state index in [1.165, 1.54) is 18.4 Å². The van der Waals surface area contributed by atoms with Gasteiger partial charge in [0.1, 0.15) is 0 Å². The minimum atomic E-state index is 0.0381. The summed E-state index contributed by atoms with van der Waals surface area (Å²) in [4.78, 5) is 0. The van der Waals surface area contributed by atoms with E-state index in [4.69, 9.17) is 5.73 Å². The van der Waals surface area contributed by atoms with Gasteiger partial charge >= 0.3 is 0 Å². The maximum atomic E-state index is 7.83. The van der Waals surface area contributed by atoms with E-state index in [1.807, 2.05) is 18.2 Å². The highest BCUT2D eigenvalue weighted by molar-refractivity contribution is 5.20. The number of benzene rings is 1. The first-order chi connectivity index (χ1) is 5.38. The van der Waals surface area contributed by atoms with Crippen LogP contribution in [0, 0.1) is 5.92 Å². The van der Waals surface area contributed by atoms with Crippen LogP contribution in [0.3, 0.4) is 0 Å². The van der Waals surface area contributed by atoms with E-state index in [0.29, 0.717) is 5.92 Å². The fourth-order valence-corrected chi connectivity index (χ4v) is 1.36. The molecule has 1 atom stereocenters. The highest BCUT2D eigenvalue weighted by Gasteiger charge is 2.29. The molecule has 0 spiro atoms. The molecule has 1 radical (unpaired) electrons. The predicted octanol–water partition coefficient (Wildman–Crippen LogP) is 2.42. The van der Waals surface area contributed by atoms with E-state index in [9.17, 15) is 0 Å². The summed E-state index contributed by atoms with van der Waals surface area (Å²) in [5.41, 5.74) is 9.01. The molecule has 1 fully saturated rings. The Morgan fingerprint density at radius 3 is 2.36 bits per heavy atom. The number of hydrogen-bond donors (Lipinski definition) is 0. The normalized spacial score (nSPS) is 19.7. The molecule has 1 unspecified atom stereocenters. The monoisotopic (exact) mass is 146 g/mol. The van der Waals surface area contributed by atoms with Gasteiger partial charge in [0.05, 0.1) is 0 Å². The molecule has 1 aliphatic rings. The number of rotatable bonds is 2. The van der Waals surface area contributed by atoms with E-state index in [-0.39, 0.29) is 6.04 Å². The molecule has 1 saturated carbocycles. The molecule has 1 aromatic carbocycles. The lowest BCUT2D eigenvalue weighted by molar-refractivity contribution is 0.614. The SMILES string of the molecule is [NH]C(c1ccccc1)C1CC1. The lowest BCUT2D eigenvalue weighted by Crippen LogP contribution is -2.00. The minimum absolute atomic E-state index is 0.0381. The van der Waals surface area contributed by atoms with Crippen LogP contribution >= 0.6 is 0 Å². The Kier molecular flexibility index (Phi) is 1.66. The van der Waals surface area contributed by atoms with Crippen molar-refractivity contribution < 1.29 is 0 Å². The van der Waals surface area contributed by atoms with Gasteiger partial charge in [0.25, 0.3) is 0 Å². The molecule has 2 rings (SSSR count). The average Bonchev–Trinajstić information content (AvgIpc) is 2.87. The first kappa shape index (κ1) is 6.86. The van der Waals surface area contributed by atoms with Crippen molar-refractivity contribution in [3.05, 3.63) is 35.9 Å². The number of hydrogen-bond acceptors (Lipinski definition) is 0. The molecule has 1 nitrogen and oxygen atoms in total. The standard InChI is InChI=1S/C10H12N/c11-10(9-6-7-9)8-4-2-1-3-5-8/h1-5,9-11H,6-7H2. The van der Waals surface area contributed by atoms with Gasteiger partial charge < -0.3 is 0 Å². The van der Waals surface area contributed by atoms with Gasteiger partial charge in [-0.15, -0.1) is 0 Å². The molecule has 0 saturated heterocycles. The summed E-state index contributed by atoms with van der Waals surface area (Å²) in [5.74, 6) is 0.650. The lowest BCUT2D eigenvalue weighted by Gasteiger charge is -2.07. The van der Waals surface area contributed by atoms with Gasteiger partial charge in [-0.25, -0.2) is 5.73 Å². The molecule has 0 heterocycles. The first-order valence-electron chi connectivity index (χ1n) is 4.14. The Morgan fingerprint density at radius 1 is 1.18 bits per heavy atom. The van der Waals surface area contributed by atoms with Crippen LogP contribution in [0.2, 0.25) is 0 Å². The van der Waals surface area contributed by atoms with Crippen molar-refractivity contribution in [1.29, 1.82) is 0 Å². The van der Waals surface area contributed by atoms with Crippen molar-refractivity contribution in [2.75, 3.05) is 0 Å². The summed E-state index contributed by atoms with van der Waals surface area (Å²) >= 11 is 0. The molecule has 57 valence electrons. The molecule has 1 N–H and O–H groups in total. The largest absolute Gasteiger partial charge is 0.249 e. The molecular formula is C10H12N. The van der Waals surface area contributed by atoms with E-state index < -0.39 is 0 Å². The van der Waals surface area contributed by atoms with E-state index >= 15 is 0 Å². The second-order valence-corrected chi connectivity index (χ2v) is 3.23. The Labute approximate surface area is 67.2 Å². The third kappa shape index (κ3) is 1.43. The summed E-state index contributed by atoms with van der Waals surface area (Å²) < 4.78 is 0. The maximum Gasteiger partial charge on any atom is 0.0490 e. The van der Waals surface area contributed by atoms with Gasteiger partial charge in [0, 0.05) is 6.04 Å². The average molecular weight is 146 g/mol. The fourth-order valence-electron chi connectivity index (χ4n) is 1.36. The van der Waals surface area contributed by atoms with Crippen LogP contribution in [0.15, 0.2) is 30.3 Å². The Balaban J connectivity index is 2.15. The van der Waals surface area contributed by atoms with Crippen LogP contribution in [0.5, 0.6) is 0 Å². The Bertz CT molecular complexity index is 226. The van der Waals surface area contributed by atoms with Crippen molar-refractivity contribution >= 4 is 0 Å². The fraction of sp³-hybridized carbons (Fsp3) is 0.400. The van der Waals surface area contributed by atoms with Crippen LogP contribution < -0.4 is 5.73 Å². The number of nitrogens with one attached hydrogen (secondary N) is 1. The van der Waals surface area contributed by atoms with Crippen LogP contribution in [0.25, 0.3) is 0 Å². The maximum absolute atomic E-state index is 7.83. The summed E-state index contributed by atoms with van der Waals surface area (Å²) in [5, 5.41) is 0. The molecule has 1 aromatic rings. The summed E-state index contributed by atoms with van der Waals surface area (Å²) in [6, 6.07) is 10.2. The van der Waals surface area contributed by atoms with Crippen molar-refractivity contribution in [1.82, 2.24) is 5.73 Å². The summed E-state index contributed by atoms with van der Waals surface area (Å²) in [6.07, 6.45) is 2.51. The van der Waals surface area contributed by atoms with Gasteiger partial charge in [0.2, 0.25) is 0 Å². The third-order valence-corrected chi connectivity index (χ3v) is 2.25. The third-order valence-electron chi connectivity index (χ3n) is 2.25. The van der Waals surface area contributed by atoms with Crippen LogP contribution in [0.1, 0.15) is 24.4 Å². The topological polar surface area (TPSA) is 23.8 Å². The van der Waals surface area contributed by atoms with E-state index in [1.54, 1.807) is 0 Å². The first-order valence-corrected chi connectivity index (χ1v) is 4.14. The van der Waals surface area contributed by atoms with Gasteiger partial charge in [-0.2, -0.15) is 0 Å². The van der Waals surface area contributed by atoms with E-state index in [0.717, 1.165) is 0 Å². The van der Waals surface area contributed by atoms with Gasteiger partial charge in [-0.05, 0) is 24.3 Å².